The highest BCUT2D eigenvalue weighted by Crippen LogP contribution is 2.38. The van der Waals surface area contributed by atoms with Crippen LogP contribution in [0.5, 0.6) is 0 Å². The van der Waals surface area contributed by atoms with Crippen molar-refractivity contribution in [1.82, 2.24) is 19.7 Å². The normalized spacial score (nSPS) is 17.7. The summed E-state index contributed by atoms with van der Waals surface area (Å²) in [5, 5.41) is 5.66. The zero-order chi connectivity index (χ0) is 28.3. The Bertz CT molecular complexity index is 1370. The Hall–Kier alpha value is -2.97. The lowest BCUT2D eigenvalue weighted by molar-refractivity contribution is 0.0982. The molecule has 0 aliphatic heterocycles. The molecular weight excluding hydrogens is 490 g/mol. The number of carbonyl (C=O) groups excluding carboxylic acids is 1. The summed E-state index contributed by atoms with van der Waals surface area (Å²) in [6, 6.07) is 4.96. The second-order valence-electron chi connectivity index (χ2n) is 11.2. The summed E-state index contributed by atoms with van der Waals surface area (Å²) in [4.78, 5) is 34.0. The maximum absolute atomic E-state index is 13.7. The van der Waals surface area contributed by atoms with E-state index in [0.717, 1.165) is 84.4 Å². The van der Waals surface area contributed by atoms with Crippen molar-refractivity contribution < 1.29 is 9.53 Å². The molecular formula is C31H45N5O3. The number of ketones is 1. The van der Waals surface area contributed by atoms with E-state index in [1.54, 1.807) is 7.11 Å². The van der Waals surface area contributed by atoms with Crippen LogP contribution in [0.25, 0.3) is 10.9 Å². The predicted octanol–water partition coefficient (Wildman–Crippen LogP) is 4.72. The Kier molecular flexibility index (Phi) is 9.28. The molecule has 3 aromatic rings. The largest absolute Gasteiger partial charge is 0.383 e. The van der Waals surface area contributed by atoms with Crippen LogP contribution in [0.15, 0.2) is 23.1 Å². The molecule has 8 heteroatoms. The molecule has 8 nitrogen and oxygen atoms in total. The van der Waals surface area contributed by atoms with Crippen LogP contribution in [0.4, 0.5) is 5.69 Å². The van der Waals surface area contributed by atoms with E-state index in [1.165, 1.54) is 0 Å². The summed E-state index contributed by atoms with van der Waals surface area (Å²) in [6.07, 6.45) is 7.20. The van der Waals surface area contributed by atoms with Crippen molar-refractivity contribution >= 4 is 22.4 Å². The summed E-state index contributed by atoms with van der Waals surface area (Å²) in [5.41, 5.74) is 6.21. The van der Waals surface area contributed by atoms with Crippen molar-refractivity contribution in [2.24, 2.45) is 7.05 Å². The van der Waals surface area contributed by atoms with E-state index in [4.69, 9.17) is 4.74 Å². The average Bonchev–Trinajstić information content (AvgIpc) is 3.28. The highest BCUT2D eigenvalue weighted by Gasteiger charge is 2.30. The minimum absolute atomic E-state index is 0.0655. The first-order valence-electron chi connectivity index (χ1n) is 14.3. The molecule has 0 radical (unpaired) electrons. The molecule has 1 aliphatic carbocycles. The molecule has 1 fully saturated rings. The Morgan fingerprint density at radius 2 is 1.85 bits per heavy atom. The molecule has 212 valence electrons. The van der Waals surface area contributed by atoms with E-state index >= 15 is 0 Å². The first-order valence-corrected chi connectivity index (χ1v) is 14.3. The molecule has 0 bridgehead atoms. The molecule has 2 heterocycles. The number of aryl methyl sites for hydroxylation is 3. The quantitative estimate of drug-likeness (QED) is 0.358. The van der Waals surface area contributed by atoms with Crippen molar-refractivity contribution in [3.63, 3.8) is 0 Å². The number of H-pyrrole nitrogens is 1. The molecule has 39 heavy (non-hydrogen) atoms. The van der Waals surface area contributed by atoms with Gasteiger partial charge in [-0.15, -0.1) is 0 Å². The number of pyridine rings is 1. The van der Waals surface area contributed by atoms with Gasteiger partial charge in [-0.25, -0.2) is 0 Å². The number of fused-ring (bicyclic) bond motifs is 1. The van der Waals surface area contributed by atoms with Crippen LogP contribution in [0, 0.1) is 20.8 Å². The summed E-state index contributed by atoms with van der Waals surface area (Å²) < 4.78 is 7.14. The highest BCUT2D eigenvalue weighted by molar-refractivity contribution is 6.06. The molecule has 0 spiro atoms. The first-order chi connectivity index (χ1) is 18.7. The molecule has 0 unspecified atom stereocenters. The lowest BCUT2D eigenvalue weighted by Gasteiger charge is -2.41. The van der Waals surface area contributed by atoms with Gasteiger partial charge in [0, 0.05) is 68.0 Å². The van der Waals surface area contributed by atoms with Gasteiger partial charge in [0.1, 0.15) is 0 Å². The number of likely N-dealkylation sites (N-methyl/N-ethyl adjacent to an activating group) is 1. The lowest BCUT2D eigenvalue weighted by atomic mass is 9.88. The van der Waals surface area contributed by atoms with E-state index in [1.807, 2.05) is 43.9 Å². The fraction of sp³-hybridized carbons (Fsp3) is 0.581. The lowest BCUT2D eigenvalue weighted by Crippen LogP contribution is -2.44. The molecule has 4 rings (SSSR count). The van der Waals surface area contributed by atoms with Gasteiger partial charge in [0.05, 0.1) is 24.0 Å². The van der Waals surface area contributed by atoms with Crippen molar-refractivity contribution in [1.29, 1.82) is 0 Å². The van der Waals surface area contributed by atoms with Gasteiger partial charge in [-0.2, -0.15) is 5.10 Å². The van der Waals surface area contributed by atoms with Crippen molar-refractivity contribution in [2.45, 2.75) is 78.3 Å². The summed E-state index contributed by atoms with van der Waals surface area (Å²) >= 11 is 0. The molecule has 0 amide bonds. The fourth-order valence-electron chi connectivity index (χ4n) is 6.43. The molecule has 0 saturated heterocycles. The minimum atomic E-state index is -0.0968. The maximum Gasteiger partial charge on any atom is 0.251 e. The van der Waals surface area contributed by atoms with Gasteiger partial charge in [-0.1, -0.05) is 0 Å². The van der Waals surface area contributed by atoms with Gasteiger partial charge < -0.3 is 19.5 Å². The number of nitrogens with zero attached hydrogens (tertiary/aromatic N) is 4. The predicted molar refractivity (Wildman–Crippen MR) is 158 cm³/mol. The molecule has 0 atom stereocenters. The number of methoxy groups -OCH3 is 1. The second kappa shape index (κ2) is 12.5. The molecule has 2 aromatic heterocycles. The number of carbonyl (C=O) groups is 1. The topological polar surface area (TPSA) is 83.5 Å². The van der Waals surface area contributed by atoms with Gasteiger partial charge in [0.15, 0.2) is 5.78 Å². The van der Waals surface area contributed by atoms with E-state index < -0.39 is 0 Å². The Morgan fingerprint density at radius 3 is 2.49 bits per heavy atom. The highest BCUT2D eigenvalue weighted by atomic mass is 16.5. The van der Waals surface area contributed by atoms with Crippen LogP contribution in [0.1, 0.15) is 71.8 Å². The third-order valence-electron chi connectivity index (χ3n) is 8.68. The van der Waals surface area contributed by atoms with Gasteiger partial charge in [0.25, 0.3) is 5.56 Å². The number of aromatic nitrogens is 3. The van der Waals surface area contributed by atoms with E-state index in [9.17, 15) is 9.59 Å². The van der Waals surface area contributed by atoms with Gasteiger partial charge >= 0.3 is 0 Å². The van der Waals surface area contributed by atoms with E-state index in [-0.39, 0.29) is 11.3 Å². The summed E-state index contributed by atoms with van der Waals surface area (Å²) in [7, 11) is 5.89. The van der Waals surface area contributed by atoms with Crippen LogP contribution < -0.4 is 10.5 Å². The minimum Gasteiger partial charge on any atom is -0.383 e. The van der Waals surface area contributed by atoms with Crippen LogP contribution in [0.3, 0.4) is 0 Å². The SMILES string of the molecule is CCN(c1c(C)c(C(=O)CCc2c(C)cc(C)[nH]c2=O)cc2c1cnn2C)C1CCC(N(C)CCOC)CC1. The number of hydrogen-bond donors (Lipinski definition) is 1. The Morgan fingerprint density at radius 1 is 1.15 bits per heavy atom. The van der Waals surface area contributed by atoms with Crippen LogP contribution >= 0.6 is 0 Å². The second-order valence-corrected chi connectivity index (χ2v) is 11.2. The van der Waals surface area contributed by atoms with Crippen molar-refractivity contribution in [2.75, 3.05) is 38.8 Å². The number of rotatable bonds is 11. The van der Waals surface area contributed by atoms with Crippen LogP contribution in [-0.2, 0) is 18.2 Å². The van der Waals surface area contributed by atoms with E-state index in [0.29, 0.717) is 30.5 Å². The summed E-state index contributed by atoms with van der Waals surface area (Å²) in [5.74, 6) is 0.0655. The van der Waals surface area contributed by atoms with Crippen molar-refractivity contribution in [3.8, 4) is 0 Å². The Labute approximate surface area is 232 Å². The number of Topliss-reactive ketones (excluding diaryl/α,β-unsaturated/α-hetero) is 1. The number of nitrogens with one attached hydrogen (secondary N) is 1. The third-order valence-corrected chi connectivity index (χ3v) is 8.68. The van der Waals surface area contributed by atoms with Crippen LogP contribution in [-0.4, -0.2) is 71.4 Å². The number of ether oxygens (including phenoxy) is 1. The number of benzene rings is 1. The smallest absolute Gasteiger partial charge is 0.251 e. The number of aromatic amines is 1. The maximum atomic E-state index is 13.7. The molecule has 1 saturated carbocycles. The fourth-order valence-corrected chi connectivity index (χ4v) is 6.43. The number of hydrogen-bond acceptors (Lipinski definition) is 6. The molecule has 1 aromatic carbocycles. The molecule has 1 N–H and O–H groups in total. The zero-order valence-corrected chi connectivity index (χ0v) is 24.8. The number of anilines is 1. The Balaban J connectivity index is 1.61. The van der Waals surface area contributed by atoms with Gasteiger partial charge in [-0.05, 0) is 90.1 Å². The van der Waals surface area contributed by atoms with Gasteiger partial charge in [0.2, 0.25) is 0 Å². The summed E-state index contributed by atoms with van der Waals surface area (Å²) in [6.45, 7) is 10.7. The van der Waals surface area contributed by atoms with Gasteiger partial charge in [-0.3, -0.25) is 14.3 Å². The third kappa shape index (κ3) is 6.12. The van der Waals surface area contributed by atoms with Crippen molar-refractivity contribution in [3.05, 3.63) is 56.6 Å². The zero-order valence-electron chi connectivity index (χ0n) is 24.8. The first kappa shape index (κ1) is 29.0. The standard InChI is InChI=1S/C31H45N5O3/c1-8-36(24-11-9-23(10-12-24)34(5)15-16-39-7)30-22(4)26(18-28-27(30)19-32-35(28)6)29(37)14-13-25-20(2)17-21(3)33-31(25)38/h17-19,23-24H,8-16H2,1-7H3,(H,33,38). The van der Waals surface area contributed by atoms with Crippen LogP contribution in [0.2, 0.25) is 0 Å². The molecule has 1 aliphatic rings. The van der Waals surface area contributed by atoms with E-state index in [2.05, 4.69) is 40.8 Å². The average molecular weight is 536 g/mol. The monoisotopic (exact) mass is 535 g/mol.